The molecule has 5 aromatic rings. The van der Waals surface area contributed by atoms with Crippen molar-refractivity contribution in [3.63, 3.8) is 0 Å². The van der Waals surface area contributed by atoms with Gasteiger partial charge in [0.05, 0.1) is 37.5 Å². The standard InChI is InChI=1S/C31H27N3O6S/c1-19(35)40-31-27(20-12-14-22(15-13-20)32-30(36)26-11-8-16-41-26)28(33-34(31)23-9-6-5-7-10-23)21-17-24(37-2)29(39-4)25(18-21)38-3/h5-18H,1-4H3,(H,32,36). The summed E-state index contributed by atoms with van der Waals surface area (Å²) in [5.41, 5.74) is 3.75. The number of anilines is 1. The first kappa shape index (κ1) is 27.5. The smallest absolute Gasteiger partial charge is 0.309 e. The second-order valence-electron chi connectivity index (χ2n) is 8.79. The number of hydrogen-bond donors (Lipinski definition) is 1. The van der Waals surface area contributed by atoms with Crippen molar-refractivity contribution >= 4 is 28.9 Å². The second kappa shape index (κ2) is 12.0. The summed E-state index contributed by atoms with van der Waals surface area (Å²) in [5, 5.41) is 9.67. The van der Waals surface area contributed by atoms with Crippen LogP contribution in [0.1, 0.15) is 16.6 Å². The van der Waals surface area contributed by atoms with Gasteiger partial charge in [0, 0.05) is 18.2 Å². The number of para-hydroxylation sites is 1. The molecule has 41 heavy (non-hydrogen) atoms. The minimum absolute atomic E-state index is 0.191. The number of carbonyl (C=O) groups is 2. The van der Waals surface area contributed by atoms with Crippen LogP contribution >= 0.6 is 11.3 Å². The molecule has 0 aliphatic carbocycles. The van der Waals surface area contributed by atoms with E-state index in [0.717, 1.165) is 0 Å². The van der Waals surface area contributed by atoms with Gasteiger partial charge in [0.25, 0.3) is 5.91 Å². The molecule has 0 spiro atoms. The lowest BCUT2D eigenvalue weighted by Crippen LogP contribution is -2.10. The molecule has 0 saturated carbocycles. The number of nitrogens with one attached hydrogen (secondary N) is 1. The van der Waals surface area contributed by atoms with Gasteiger partial charge in [-0.25, -0.2) is 0 Å². The van der Waals surface area contributed by atoms with E-state index in [4.69, 9.17) is 24.0 Å². The predicted molar refractivity (Wildman–Crippen MR) is 158 cm³/mol. The van der Waals surface area contributed by atoms with E-state index in [1.54, 1.807) is 35.0 Å². The Kier molecular flexibility index (Phi) is 8.02. The lowest BCUT2D eigenvalue weighted by Gasteiger charge is -2.14. The lowest BCUT2D eigenvalue weighted by molar-refractivity contribution is -0.132. The molecule has 0 bridgehead atoms. The van der Waals surface area contributed by atoms with Gasteiger partial charge in [-0.2, -0.15) is 9.78 Å². The van der Waals surface area contributed by atoms with Gasteiger partial charge in [-0.15, -0.1) is 11.3 Å². The van der Waals surface area contributed by atoms with E-state index < -0.39 is 5.97 Å². The Morgan fingerprint density at radius 2 is 1.51 bits per heavy atom. The van der Waals surface area contributed by atoms with E-state index in [1.165, 1.54) is 39.6 Å². The van der Waals surface area contributed by atoms with Crippen LogP contribution in [-0.2, 0) is 4.79 Å². The minimum atomic E-state index is -0.500. The van der Waals surface area contributed by atoms with Crippen LogP contribution in [0.15, 0.2) is 84.2 Å². The largest absolute Gasteiger partial charge is 0.493 e. The van der Waals surface area contributed by atoms with Gasteiger partial charge < -0.3 is 24.3 Å². The van der Waals surface area contributed by atoms with E-state index in [9.17, 15) is 9.59 Å². The predicted octanol–water partition coefficient (Wildman–Crippen LogP) is 6.47. The van der Waals surface area contributed by atoms with Gasteiger partial charge in [-0.3, -0.25) is 9.59 Å². The Morgan fingerprint density at radius 1 is 0.829 bits per heavy atom. The number of benzene rings is 3. The van der Waals surface area contributed by atoms with Gasteiger partial charge >= 0.3 is 5.97 Å². The summed E-state index contributed by atoms with van der Waals surface area (Å²) in [6.07, 6.45) is 0. The molecule has 208 valence electrons. The highest BCUT2D eigenvalue weighted by atomic mass is 32.1. The minimum Gasteiger partial charge on any atom is -0.493 e. The number of thiophene rings is 1. The molecule has 1 N–H and O–H groups in total. The Morgan fingerprint density at radius 3 is 2.07 bits per heavy atom. The molecule has 0 fully saturated rings. The fourth-order valence-corrected chi connectivity index (χ4v) is 5.00. The molecule has 0 atom stereocenters. The zero-order valence-corrected chi connectivity index (χ0v) is 23.7. The van der Waals surface area contributed by atoms with E-state index in [-0.39, 0.29) is 11.8 Å². The molecule has 0 aliphatic rings. The van der Waals surface area contributed by atoms with Crippen molar-refractivity contribution in [2.75, 3.05) is 26.6 Å². The lowest BCUT2D eigenvalue weighted by atomic mass is 10.00. The number of amides is 1. The summed E-state index contributed by atoms with van der Waals surface area (Å²) in [6.45, 7) is 1.34. The van der Waals surface area contributed by atoms with Crippen molar-refractivity contribution in [3.05, 3.63) is 89.1 Å². The van der Waals surface area contributed by atoms with E-state index >= 15 is 0 Å². The Bertz CT molecular complexity index is 1650. The van der Waals surface area contributed by atoms with Crippen molar-refractivity contribution in [2.24, 2.45) is 0 Å². The maximum absolute atomic E-state index is 12.6. The van der Waals surface area contributed by atoms with Crippen LogP contribution < -0.4 is 24.3 Å². The summed E-state index contributed by atoms with van der Waals surface area (Å²) >= 11 is 1.37. The van der Waals surface area contributed by atoms with Crippen molar-refractivity contribution in [1.29, 1.82) is 0 Å². The van der Waals surface area contributed by atoms with Crippen molar-refractivity contribution < 1.29 is 28.5 Å². The molecular weight excluding hydrogens is 542 g/mol. The summed E-state index contributed by atoms with van der Waals surface area (Å²) in [5.74, 6) is 0.880. The van der Waals surface area contributed by atoms with Gasteiger partial charge in [0.2, 0.25) is 11.6 Å². The monoisotopic (exact) mass is 569 g/mol. The second-order valence-corrected chi connectivity index (χ2v) is 9.74. The van der Waals surface area contributed by atoms with E-state index in [1.807, 2.05) is 53.9 Å². The molecular formula is C31H27N3O6S. The zero-order valence-electron chi connectivity index (χ0n) is 22.8. The van der Waals surface area contributed by atoms with Crippen LogP contribution in [0.2, 0.25) is 0 Å². The number of esters is 1. The molecule has 2 aromatic heterocycles. The van der Waals surface area contributed by atoms with Crippen molar-refractivity contribution in [1.82, 2.24) is 9.78 Å². The molecule has 2 heterocycles. The van der Waals surface area contributed by atoms with E-state index in [2.05, 4.69) is 5.32 Å². The third-order valence-corrected chi connectivity index (χ3v) is 7.07. The van der Waals surface area contributed by atoms with Crippen molar-refractivity contribution in [2.45, 2.75) is 6.92 Å². The molecule has 3 aromatic carbocycles. The fourth-order valence-electron chi connectivity index (χ4n) is 4.38. The summed E-state index contributed by atoms with van der Waals surface area (Å²) in [7, 11) is 4.61. The number of aromatic nitrogens is 2. The number of hydrogen-bond acceptors (Lipinski definition) is 8. The van der Waals surface area contributed by atoms with Crippen molar-refractivity contribution in [3.8, 4) is 51.2 Å². The number of ether oxygens (including phenoxy) is 4. The average Bonchev–Trinajstić information content (AvgIpc) is 3.66. The van der Waals surface area contributed by atoms with Crippen LogP contribution in [0.4, 0.5) is 5.69 Å². The van der Waals surface area contributed by atoms with Gasteiger partial charge in [0.1, 0.15) is 5.69 Å². The summed E-state index contributed by atoms with van der Waals surface area (Å²) in [6, 6.07) is 23.8. The maximum Gasteiger partial charge on any atom is 0.309 e. The molecule has 0 saturated heterocycles. The third kappa shape index (κ3) is 5.64. The van der Waals surface area contributed by atoms with Gasteiger partial charge in [-0.05, 0) is 53.4 Å². The molecule has 0 aliphatic heterocycles. The SMILES string of the molecule is COc1cc(-c2nn(-c3ccccc3)c(OC(C)=O)c2-c2ccc(NC(=O)c3cccs3)cc2)cc(OC)c1OC. The van der Waals surface area contributed by atoms with Crippen LogP contribution in [0.25, 0.3) is 28.1 Å². The summed E-state index contributed by atoms with van der Waals surface area (Å²) in [4.78, 5) is 25.5. The molecule has 9 nitrogen and oxygen atoms in total. The average molecular weight is 570 g/mol. The Labute approximate surface area is 240 Å². The van der Waals surface area contributed by atoms with E-state index in [0.29, 0.717) is 55.9 Å². The topological polar surface area (TPSA) is 101 Å². The highest BCUT2D eigenvalue weighted by Gasteiger charge is 2.26. The van der Waals surface area contributed by atoms with Crippen LogP contribution in [0, 0.1) is 0 Å². The van der Waals surface area contributed by atoms with Crippen LogP contribution in [0.5, 0.6) is 23.1 Å². The molecule has 10 heteroatoms. The number of nitrogens with zero attached hydrogens (tertiary/aromatic N) is 2. The number of carbonyl (C=O) groups excluding carboxylic acids is 2. The number of rotatable bonds is 9. The number of methoxy groups -OCH3 is 3. The van der Waals surface area contributed by atoms with Gasteiger partial charge in [0.15, 0.2) is 11.5 Å². The third-order valence-electron chi connectivity index (χ3n) is 6.20. The quantitative estimate of drug-likeness (QED) is 0.203. The normalized spacial score (nSPS) is 10.6. The fraction of sp³-hybridized carbons (Fsp3) is 0.129. The molecule has 0 radical (unpaired) electrons. The highest BCUT2D eigenvalue weighted by Crippen LogP contribution is 2.46. The Balaban J connectivity index is 1.69. The van der Waals surface area contributed by atoms with Crippen LogP contribution in [0.3, 0.4) is 0 Å². The first-order chi connectivity index (χ1) is 19.9. The molecule has 5 rings (SSSR count). The first-order valence-electron chi connectivity index (χ1n) is 12.6. The molecule has 0 unspecified atom stereocenters. The Hall–Kier alpha value is -5.09. The molecule has 1 amide bonds. The summed E-state index contributed by atoms with van der Waals surface area (Å²) < 4.78 is 24.1. The maximum atomic E-state index is 12.6. The van der Waals surface area contributed by atoms with Crippen LogP contribution in [-0.4, -0.2) is 43.0 Å². The highest BCUT2D eigenvalue weighted by molar-refractivity contribution is 7.12. The first-order valence-corrected chi connectivity index (χ1v) is 13.4. The zero-order chi connectivity index (χ0) is 28.9. The van der Waals surface area contributed by atoms with Gasteiger partial charge in [-0.1, -0.05) is 36.4 Å².